The van der Waals surface area contributed by atoms with Gasteiger partial charge < -0.3 is 10.6 Å². The van der Waals surface area contributed by atoms with E-state index in [4.69, 9.17) is 0 Å². The molecule has 1 aromatic heterocycles. The predicted octanol–water partition coefficient (Wildman–Crippen LogP) is 2.83. The van der Waals surface area contributed by atoms with Gasteiger partial charge in [0.25, 0.3) is 5.91 Å². The fourth-order valence-electron chi connectivity index (χ4n) is 1.57. The lowest BCUT2D eigenvalue weighted by Gasteiger charge is -2.07. The first-order valence-corrected chi connectivity index (χ1v) is 6.42. The monoisotopic (exact) mass is 292 g/mol. The van der Waals surface area contributed by atoms with Gasteiger partial charge in [0, 0.05) is 12.6 Å². The van der Waals surface area contributed by atoms with Crippen molar-refractivity contribution in [2.24, 2.45) is 0 Å². The molecule has 1 heterocycles. The second-order valence-corrected chi connectivity index (χ2v) is 4.29. The first-order chi connectivity index (χ1) is 10.1. The highest BCUT2D eigenvalue weighted by Crippen LogP contribution is 2.16. The van der Waals surface area contributed by atoms with Crippen LogP contribution in [0.15, 0.2) is 30.6 Å². The summed E-state index contributed by atoms with van der Waals surface area (Å²) in [5.41, 5.74) is -0.226. The lowest BCUT2D eigenvalue weighted by molar-refractivity contribution is 0.102. The lowest BCUT2D eigenvalue weighted by Crippen LogP contribution is -2.15. The van der Waals surface area contributed by atoms with Crippen molar-refractivity contribution in [3.05, 3.63) is 47.9 Å². The van der Waals surface area contributed by atoms with Gasteiger partial charge in [0.05, 0.1) is 18.1 Å². The molecule has 0 spiro atoms. The number of carbonyl (C=O) groups is 1. The molecule has 2 aromatic rings. The van der Waals surface area contributed by atoms with Crippen molar-refractivity contribution in [2.45, 2.75) is 13.3 Å². The van der Waals surface area contributed by atoms with Crippen LogP contribution in [0.3, 0.4) is 0 Å². The molecule has 0 atom stereocenters. The molecule has 0 aliphatic rings. The summed E-state index contributed by atoms with van der Waals surface area (Å²) in [5.74, 6) is -1.48. The van der Waals surface area contributed by atoms with E-state index in [0.29, 0.717) is 5.82 Å². The van der Waals surface area contributed by atoms with Crippen LogP contribution in [0.25, 0.3) is 0 Å². The van der Waals surface area contributed by atoms with E-state index in [1.165, 1.54) is 12.4 Å². The van der Waals surface area contributed by atoms with E-state index < -0.39 is 17.5 Å². The van der Waals surface area contributed by atoms with Gasteiger partial charge in [0.2, 0.25) is 0 Å². The second-order valence-electron chi connectivity index (χ2n) is 4.29. The van der Waals surface area contributed by atoms with Gasteiger partial charge in [-0.2, -0.15) is 0 Å². The maximum atomic E-state index is 13.4. The lowest BCUT2D eigenvalue weighted by atomic mass is 10.3. The van der Waals surface area contributed by atoms with Crippen molar-refractivity contribution >= 4 is 17.4 Å². The number of amides is 1. The highest BCUT2D eigenvalue weighted by atomic mass is 19.1. The Morgan fingerprint density at radius 2 is 2.05 bits per heavy atom. The molecule has 5 nitrogen and oxygen atoms in total. The number of hydrogen-bond acceptors (Lipinski definition) is 4. The Morgan fingerprint density at radius 1 is 1.24 bits per heavy atom. The van der Waals surface area contributed by atoms with E-state index in [2.05, 4.69) is 20.6 Å². The molecule has 2 N–H and O–H groups in total. The van der Waals surface area contributed by atoms with Crippen LogP contribution < -0.4 is 10.6 Å². The zero-order valence-electron chi connectivity index (χ0n) is 11.4. The maximum absolute atomic E-state index is 13.4. The number of rotatable bonds is 5. The number of nitrogens with zero attached hydrogens (tertiary/aromatic N) is 2. The van der Waals surface area contributed by atoms with Gasteiger partial charge in [-0.1, -0.05) is 6.92 Å². The summed E-state index contributed by atoms with van der Waals surface area (Å²) in [6.45, 7) is 2.75. The standard InChI is InChI=1S/C14H14F2N4O/c1-2-5-17-13-8-18-12(7-19-13)14(21)20-11-6-9(15)3-4-10(11)16/h3-4,6-8H,2,5H2,1H3,(H,17,19)(H,20,21). The Hall–Kier alpha value is -2.57. The molecule has 1 aromatic carbocycles. The van der Waals surface area contributed by atoms with Crippen LogP contribution in [0.2, 0.25) is 0 Å². The van der Waals surface area contributed by atoms with Gasteiger partial charge in [-0.05, 0) is 18.6 Å². The first-order valence-electron chi connectivity index (χ1n) is 6.42. The van der Waals surface area contributed by atoms with E-state index in [-0.39, 0.29) is 11.4 Å². The highest BCUT2D eigenvalue weighted by molar-refractivity contribution is 6.02. The number of nitrogens with one attached hydrogen (secondary N) is 2. The summed E-state index contributed by atoms with van der Waals surface area (Å²) in [4.78, 5) is 19.8. The third-order valence-electron chi connectivity index (χ3n) is 2.62. The zero-order chi connectivity index (χ0) is 15.2. The number of hydrogen-bond donors (Lipinski definition) is 2. The molecule has 0 fully saturated rings. The van der Waals surface area contributed by atoms with Gasteiger partial charge in [0.15, 0.2) is 0 Å². The Balaban J connectivity index is 2.07. The quantitative estimate of drug-likeness (QED) is 0.889. The summed E-state index contributed by atoms with van der Waals surface area (Å²) in [7, 11) is 0. The van der Waals surface area contributed by atoms with Crippen molar-refractivity contribution in [3.8, 4) is 0 Å². The van der Waals surface area contributed by atoms with Gasteiger partial charge >= 0.3 is 0 Å². The average Bonchev–Trinajstić information content (AvgIpc) is 2.49. The van der Waals surface area contributed by atoms with Gasteiger partial charge in [-0.25, -0.2) is 18.7 Å². The molecule has 0 radical (unpaired) electrons. The van der Waals surface area contributed by atoms with Crippen LogP contribution in [0, 0.1) is 11.6 Å². The Labute approximate surface area is 120 Å². The molecule has 1 amide bonds. The normalized spacial score (nSPS) is 10.2. The van der Waals surface area contributed by atoms with Crippen molar-refractivity contribution in [3.63, 3.8) is 0 Å². The van der Waals surface area contributed by atoms with Crippen LogP contribution >= 0.6 is 0 Å². The third-order valence-corrected chi connectivity index (χ3v) is 2.62. The molecular formula is C14H14F2N4O. The summed E-state index contributed by atoms with van der Waals surface area (Å²) in [6.07, 6.45) is 3.61. The van der Waals surface area contributed by atoms with E-state index >= 15 is 0 Å². The highest BCUT2D eigenvalue weighted by Gasteiger charge is 2.12. The summed E-state index contributed by atoms with van der Waals surface area (Å²) in [5, 5.41) is 5.26. The molecule has 0 saturated carbocycles. The molecule has 21 heavy (non-hydrogen) atoms. The minimum atomic E-state index is -0.723. The molecule has 2 rings (SSSR count). The van der Waals surface area contributed by atoms with Gasteiger partial charge in [-0.15, -0.1) is 0 Å². The summed E-state index contributed by atoms with van der Waals surface area (Å²) in [6, 6.07) is 2.81. The van der Waals surface area contributed by atoms with Gasteiger partial charge in [-0.3, -0.25) is 4.79 Å². The van der Waals surface area contributed by atoms with Crippen LogP contribution in [-0.2, 0) is 0 Å². The Kier molecular flexibility index (Phi) is 4.76. The molecular weight excluding hydrogens is 278 g/mol. The van der Waals surface area contributed by atoms with Crippen LogP contribution in [0.1, 0.15) is 23.8 Å². The molecule has 0 saturated heterocycles. The van der Waals surface area contributed by atoms with Gasteiger partial charge in [0.1, 0.15) is 23.1 Å². The molecule has 0 bridgehead atoms. The minimum absolute atomic E-state index is 0.0145. The van der Waals surface area contributed by atoms with E-state index in [1.807, 2.05) is 6.92 Å². The number of anilines is 2. The zero-order valence-corrected chi connectivity index (χ0v) is 11.4. The third kappa shape index (κ3) is 3.95. The number of benzene rings is 1. The molecule has 0 aliphatic carbocycles. The van der Waals surface area contributed by atoms with E-state index in [0.717, 1.165) is 31.2 Å². The predicted molar refractivity (Wildman–Crippen MR) is 75.1 cm³/mol. The number of aromatic nitrogens is 2. The van der Waals surface area contributed by atoms with Crippen LogP contribution in [0.4, 0.5) is 20.3 Å². The molecule has 110 valence electrons. The maximum Gasteiger partial charge on any atom is 0.275 e. The summed E-state index contributed by atoms with van der Waals surface area (Å²) >= 11 is 0. The van der Waals surface area contributed by atoms with Crippen molar-refractivity contribution in [1.82, 2.24) is 9.97 Å². The van der Waals surface area contributed by atoms with Crippen LogP contribution in [0.5, 0.6) is 0 Å². The number of carbonyl (C=O) groups excluding carboxylic acids is 1. The van der Waals surface area contributed by atoms with Crippen molar-refractivity contribution in [1.29, 1.82) is 0 Å². The number of halogens is 2. The Morgan fingerprint density at radius 3 is 2.71 bits per heavy atom. The molecule has 0 unspecified atom stereocenters. The average molecular weight is 292 g/mol. The Bertz CT molecular complexity index is 631. The largest absolute Gasteiger partial charge is 0.369 e. The van der Waals surface area contributed by atoms with Crippen LogP contribution in [-0.4, -0.2) is 22.4 Å². The fraction of sp³-hybridized carbons (Fsp3) is 0.214. The summed E-state index contributed by atoms with van der Waals surface area (Å²) < 4.78 is 26.4. The smallest absolute Gasteiger partial charge is 0.275 e. The first kappa shape index (κ1) is 14.8. The molecule has 7 heteroatoms. The fourth-order valence-corrected chi connectivity index (χ4v) is 1.57. The van der Waals surface area contributed by atoms with Crippen molar-refractivity contribution in [2.75, 3.05) is 17.2 Å². The minimum Gasteiger partial charge on any atom is -0.369 e. The van der Waals surface area contributed by atoms with Crippen molar-refractivity contribution < 1.29 is 13.6 Å². The molecule has 0 aliphatic heterocycles. The van der Waals surface area contributed by atoms with E-state index in [1.54, 1.807) is 0 Å². The second kappa shape index (κ2) is 6.74. The topological polar surface area (TPSA) is 66.9 Å². The SMILES string of the molecule is CCCNc1cnc(C(=O)Nc2cc(F)ccc2F)cn1. The van der Waals surface area contributed by atoms with E-state index in [9.17, 15) is 13.6 Å².